The van der Waals surface area contributed by atoms with E-state index in [9.17, 15) is 0 Å². The summed E-state index contributed by atoms with van der Waals surface area (Å²) in [5.74, 6) is 1.64. The minimum atomic E-state index is -0.109. The molecular formula is C23H21N3O2. The van der Waals surface area contributed by atoms with E-state index >= 15 is 0 Å². The fourth-order valence-corrected chi connectivity index (χ4v) is 3.21. The second-order valence-electron chi connectivity index (χ2n) is 6.40. The molecule has 0 spiro atoms. The van der Waals surface area contributed by atoms with Crippen LogP contribution in [0, 0.1) is 0 Å². The lowest BCUT2D eigenvalue weighted by atomic mass is 9.98. The zero-order chi connectivity index (χ0) is 19.3. The summed E-state index contributed by atoms with van der Waals surface area (Å²) in [4.78, 5) is 0. The summed E-state index contributed by atoms with van der Waals surface area (Å²) in [7, 11) is 3.33. The van der Waals surface area contributed by atoms with Gasteiger partial charge in [-0.15, -0.1) is 5.10 Å². The first-order valence-electron chi connectivity index (χ1n) is 9.03. The van der Waals surface area contributed by atoms with Gasteiger partial charge in [0.2, 0.25) is 0 Å². The lowest BCUT2D eigenvalue weighted by molar-refractivity contribution is 0.414. The van der Waals surface area contributed by atoms with Crippen molar-refractivity contribution in [2.75, 3.05) is 14.2 Å². The van der Waals surface area contributed by atoms with Gasteiger partial charge in [-0.3, -0.25) is 0 Å². The Kier molecular flexibility index (Phi) is 5.06. The first-order chi connectivity index (χ1) is 13.8. The van der Waals surface area contributed by atoms with Crippen LogP contribution in [0.2, 0.25) is 0 Å². The number of aromatic nitrogens is 3. The molecule has 0 aliphatic carbocycles. The van der Waals surface area contributed by atoms with Gasteiger partial charge in [0.05, 0.1) is 20.4 Å². The lowest BCUT2D eigenvalue weighted by Gasteiger charge is -2.18. The van der Waals surface area contributed by atoms with E-state index in [1.165, 1.54) is 0 Å². The Labute approximate surface area is 164 Å². The monoisotopic (exact) mass is 371 g/mol. The summed E-state index contributed by atoms with van der Waals surface area (Å²) in [6, 6.07) is 26.0. The average molecular weight is 371 g/mol. The molecule has 1 aromatic heterocycles. The summed E-state index contributed by atoms with van der Waals surface area (Å²) in [6.45, 7) is 0. The number of hydrogen-bond acceptors (Lipinski definition) is 4. The Morgan fingerprint density at radius 1 is 0.714 bits per heavy atom. The molecule has 0 unspecified atom stereocenters. The molecule has 0 N–H and O–H groups in total. The van der Waals surface area contributed by atoms with Crippen LogP contribution in [0.1, 0.15) is 17.2 Å². The summed E-state index contributed by atoms with van der Waals surface area (Å²) < 4.78 is 12.5. The van der Waals surface area contributed by atoms with Crippen LogP contribution < -0.4 is 9.47 Å². The zero-order valence-corrected chi connectivity index (χ0v) is 15.8. The molecule has 0 saturated heterocycles. The van der Waals surface area contributed by atoms with E-state index < -0.39 is 0 Å². The molecule has 4 aromatic rings. The van der Waals surface area contributed by atoms with Gasteiger partial charge >= 0.3 is 0 Å². The highest BCUT2D eigenvalue weighted by Crippen LogP contribution is 2.30. The SMILES string of the molecule is COc1ccc(C(c2ccc(OC)cc2)n2cc(-c3ccccc3)nn2)cc1. The maximum absolute atomic E-state index is 5.30. The Morgan fingerprint density at radius 2 is 1.25 bits per heavy atom. The van der Waals surface area contributed by atoms with Crippen molar-refractivity contribution >= 4 is 0 Å². The maximum Gasteiger partial charge on any atom is 0.118 e. The van der Waals surface area contributed by atoms with Crippen LogP contribution in [0.4, 0.5) is 0 Å². The third-order valence-corrected chi connectivity index (χ3v) is 4.71. The topological polar surface area (TPSA) is 49.2 Å². The molecule has 5 nitrogen and oxygen atoms in total. The molecule has 4 rings (SSSR count). The molecular weight excluding hydrogens is 350 g/mol. The first kappa shape index (κ1) is 17.8. The van der Waals surface area contributed by atoms with Crippen LogP contribution in [-0.2, 0) is 0 Å². The van der Waals surface area contributed by atoms with Crippen LogP contribution >= 0.6 is 0 Å². The predicted octanol–water partition coefficient (Wildman–Crippen LogP) is 4.60. The average Bonchev–Trinajstić information content (AvgIpc) is 3.25. The van der Waals surface area contributed by atoms with Gasteiger partial charge in [-0.2, -0.15) is 0 Å². The number of hydrogen-bond donors (Lipinski definition) is 0. The van der Waals surface area contributed by atoms with Gasteiger partial charge in [0, 0.05) is 5.56 Å². The quantitative estimate of drug-likeness (QED) is 0.497. The third-order valence-electron chi connectivity index (χ3n) is 4.71. The van der Waals surface area contributed by atoms with Crippen molar-refractivity contribution in [1.29, 1.82) is 0 Å². The molecule has 0 aliphatic heterocycles. The standard InChI is InChI=1S/C23H21N3O2/c1-27-20-12-8-18(9-13-20)23(19-10-14-21(28-2)15-11-19)26-16-22(24-25-26)17-6-4-3-5-7-17/h3-16,23H,1-2H3. The lowest BCUT2D eigenvalue weighted by Crippen LogP contribution is -2.13. The van der Waals surface area contributed by atoms with Crippen LogP contribution in [0.3, 0.4) is 0 Å². The molecule has 0 saturated carbocycles. The van der Waals surface area contributed by atoms with Crippen molar-refractivity contribution in [2.45, 2.75) is 6.04 Å². The van der Waals surface area contributed by atoms with Crippen LogP contribution in [-0.4, -0.2) is 29.2 Å². The summed E-state index contributed by atoms with van der Waals surface area (Å²) in [6.07, 6.45) is 1.98. The maximum atomic E-state index is 5.30. The molecule has 28 heavy (non-hydrogen) atoms. The Balaban J connectivity index is 1.77. The fraction of sp³-hybridized carbons (Fsp3) is 0.130. The highest BCUT2D eigenvalue weighted by atomic mass is 16.5. The van der Waals surface area contributed by atoms with Crippen molar-refractivity contribution in [3.05, 3.63) is 96.2 Å². The van der Waals surface area contributed by atoms with Crippen molar-refractivity contribution in [2.24, 2.45) is 0 Å². The second kappa shape index (κ2) is 7.96. The largest absolute Gasteiger partial charge is 0.497 e. The van der Waals surface area contributed by atoms with Crippen molar-refractivity contribution in [1.82, 2.24) is 15.0 Å². The number of nitrogens with zero attached hydrogens (tertiary/aromatic N) is 3. The number of rotatable bonds is 6. The van der Waals surface area contributed by atoms with Gasteiger partial charge in [-0.05, 0) is 35.4 Å². The molecule has 140 valence electrons. The summed E-state index contributed by atoms with van der Waals surface area (Å²) in [5, 5.41) is 8.82. The zero-order valence-electron chi connectivity index (χ0n) is 15.8. The van der Waals surface area contributed by atoms with Crippen LogP contribution in [0.15, 0.2) is 85.1 Å². The van der Waals surface area contributed by atoms with Gasteiger partial charge in [0.1, 0.15) is 23.2 Å². The van der Waals surface area contributed by atoms with Crippen LogP contribution in [0.25, 0.3) is 11.3 Å². The Bertz CT molecular complexity index is 978. The molecule has 3 aromatic carbocycles. The predicted molar refractivity (Wildman–Crippen MR) is 109 cm³/mol. The highest BCUT2D eigenvalue weighted by Gasteiger charge is 2.19. The molecule has 0 fully saturated rings. The van der Waals surface area contributed by atoms with Gasteiger partial charge in [0.15, 0.2) is 0 Å². The van der Waals surface area contributed by atoms with Crippen molar-refractivity contribution in [3.63, 3.8) is 0 Å². The Hall–Kier alpha value is -3.60. The van der Waals surface area contributed by atoms with Crippen LogP contribution in [0.5, 0.6) is 11.5 Å². The summed E-state index contributed by atoms with van der Waals surface area (Å²) in [5.41, 5.74) is 4.07. The molecule has 5 heteroatoms. The van der Waals surface area contributed by atoms with Gasteiger partial charge in [-0.25, -0.2) is 4.68 Å². The minimum absolute atomic E-state index is 0.109. The van der Waals surface area contributed by atoms with E-state index in [2.05, 4.69) is 34.6 Å². The first-order valence-corrected chi connectivity index (χ1v) is 9.03. The number of benzene rings is 3. The van der Waals surface area contributed by atoms with E-state index in [4.69, 9.17) is 9.47 Å². The second-order valence-corrected chi connectivity index (χ2v) is 6.40. The minimum Gasteiger partial charge on any atom is -0.497 e. The van der Waals surface area contributed by atoms with E-state index in [1.807, 2.05) is 65.5 Å². The summed E-state index contributed by atoms with van der Waals surface area (Å²) >= 11 is 0. The molecule has 0 amide bonds. The van der Waals surface area contributed by atoms with Crippen molar-refractivity contribution in [3.8, 4) is 22.8 Å². The fourth-order valence-electron chi connectivity index (χ4n) is 3.21. The molecule has 0 radical (unpaired) electrons. The van der Waals surface area contributed by atoms with E-state index in [-0.39, 0.29) is 6.04 Å². The van der Waals surface area contributed by atoms with Crippen molar-refractivity contribution < 1.29 is 9.47 Å². The molecule has 0 aliphatic rings. The molecule has 0 bridgehead atoms. The van der Waals surface area contributed by atoms with E-state index in [0.29, 0.717) is 0 Å². The number of methoxy groups -OCH3 is 2. The molecule has 1 heterocycles. The van der Waals surface area contributed by atoms with E-state index in [1.54, 1.807) is 14.2 Å². The Morgan fingerprint density at radius 3 is 1.75 bits per heavy atom. The number of ether oxygens (including phenoxy) is 2. The van der Waals surface area contributed by atoms with E-state index in [0.717, 1.165) is 33.9 Å². The third kappa shape index (κ3) is 3.60. The molecule has 0 atom stereocenters. The highest BCUT2D eigenvalue weighted by molar-refractivity contribution is 5.57. The van der Waals surface area contributed by atoms with Gasteiger partial charge in [-0.1, -0.05) is 59.8 Å². The normalized spacial score (nSPS) is 10.8. The van der Waals surface area contributed by atoms with Gasteiger partial charge < -0.3 is 9.47 Å². The smallest absolute Gasteiger partial charge is 0.118 e. The van der Waals surface area contributed by atoms with Gasteiger partial charge in [0.25, 0.3) is 0 Å².